The van der Waals surface area contributed by atoms with Gasteiger partial charge in [0.2, 0.25) is 0 Å². The molecule has 0 atom stereocenters. The number of aliphatic imine (C=N–C) groups is 1. The monoisotopic (exact) mass is 282 g/mol. The molecule has 0 bridgehead atoms. The van der Waals surface area contributed by atoms with Gasteiger partial charge in [-0.3, -0.25) is 0 Å². The number of cyclic esters (lactones) is 1. The van der Waals surface area contributed by atoms with Gasteiger partial charge in [-0.1, -0.05) is 49.4 Å². The molecule has 0 spiro atoms. The Labute approximate surface area is 123 Å². The van der Waals surface area contributed by atoms with Crippen LogP contribution >= 0.6 is 0 Å². The Morgan fingerprint density at radius 2 is 1.86 bits per heavy atom. The summed E-state index contributed by atoms with van der Waals surface area (Å²) in [6, 6.07) is 14.0. The molecule has 4 heteroatoms. The maximum Gasteiger partial charge on any atom is 0.363 e. The summed E-state index contributed by atoms with van der Waals surface area (Å²) >= 11 is 0. The van der Waals surface area contributed by atoms with Gasteiger partial charge < -0.3 is 10.5 Å². The zero-order valence-electron chi connectivity index (χ0n) is 12.2. The summed E-state index contributed by atoms with van der Waals surface area (Å²) in [5, 5.41) is 2.24. The van der Waals surface area contributed by atoms with Gasteiger partial charge in [-0.2, -0.15) is 0 Å². The summed E-state index contributed by atoms with van der Waals surface area (Å²) in [6.07, 6.45) is 1.77. The van der Waals surface area contributed by atoms with Crippen LogP contribution in [0.4, 0.5) is 0 Å². The Bertz CT molecular complexity index is 712. The molecule has 2 aromatic rings. The normalized spacial score (nSPS) is 15.5. The SMILES string of the molecule is CC1=N/C(=C\c2cccc3ccccc23)C(=O)O1.CCN. The molecule has 0 amide bonds. The highest BCUT2D eigenvalue weighted by Crippen LogP contribution is 2.22. The molecule has 1 aliphatic rings. The molecule has 0 saturated carbocycles. The number of rotatable bonds is 1. The minimum Gasteiger partial charge on any atom is -0.407 e. The molecule has 108 valence electrons. The lowest BCUT2D eigenvalue weighted by Gasteiger charge is -2.01. The average molecular weight is 282 g/mol. The zero-order valence-corrected chi connectivity index (χ0v) is 12.2. The molecule has 2 N–H and O–H groups in total. The number of fused-ring (bicyclic) bond motifs is 1. The fraction of sp³-hybridized carbons (Fsp3) is 0.176. The molecule has 3 rings (SSSR count). The predicted octanol–water partition coefficient (Wildman–Crippen LogP) is 3.12. The number of nitrogens with zero attached hydrogens (tertiary/aromatic N) is 1. The van der Waals surface area contributed by atoms with Crippen LogP contribution in [-0.4, -0.2) is 18.4 Å². The molecular weight excluding hydrogens is 264 g/mol. The van der Waals surface area contributed by atoms with Gasteiger partial charge in [0.1, 0.15) is 0 Å². The van der Waals surface area contributed by atoms with Gasteiger partial charge in [0.25, 0.3) is 0 Å². The summed E-state index contributed by atoms with van der Waals surface area (Å²) in [4.78, 5) is 15.6. The van der Waals surface area contributed by atoms with Gasteiger partial charge in [0, 0.05) is 6.92 Å². The topological polar surface area (TPSA) is 64.7 Å². The van der Waals surface area contributed by atoms with E-state index in [-0.39, 0.29) is 5.97 Å². The zero-order chi connectivity index (χ0) is 15.2. The Morgan fingerprint density at radius 3 is 2.52 bits per heavy atom. The minimum absolute atomic E-state index is 0.351. The van der Waals surface area contributed by atoms with Crippen molar-refractivity contribution in [3.63, 3.8) is 0 Å². The highest BCUT2D eigenvalue weighted by molar-refractivity contribution is 6.07. The van der Waals surface area contributed by atoms with E-state index >= 15 is 0 Å². The van der Waals surface area contributed by atoms with Crippen molar-refractivity contribution in [1.29, 1.82) is 0 Å². The second-order valence-corrected chi connectivity index (χ2v) is 4.53. The quantitative estimate of drug-likeness (QED) is 0.645. The molecule has 21 heavy (non-hydrogen) atoms. The van der Waals surface area contributed by atoms with Gasteiger partial charge in [0.05, 0.1) is 0 Å². The van der Waals surface area contributed by atoms with Crippen molar-refractivity contribution in [1.82, 2.24) is 0 Å². The van der Waals surface area contributed by atoms with Crippen molar-refractivity contribution >= 4 is 28.7 Å². The van der Waals surface area contributed by atoms with Gasteiger partial charge in [0.15, 0.2) is 11.6 Å². The Morgan fingerprint density at radius 1 is 1.19 bits per heavy atom. The first-order valence-corrected chi connectivity index (χ1v) is 6.82. The van der Waals surface area contributed by atoms with Crippen molar-refractivity contribution in [3.8, 4) is 0 Å². The van der Waals surface area contributed by atoms with Crippen LogP contribution in [0.2, 0.25) is 0 Å². The first kappa shape index (κ1) is 14.9. The fourth-order valence-corrected chi connectivity index (χ4v) is 2.04. The maximum atomic E-state index is 11.5. The molecule has 0 unspecified atom stereocenters. The van der Waals surface area contributed by atoms with E-state index in [0.29, 0.717) is 11.6 Å². The lowest BCUT2D eigenvalue weighted by molar-refractivity contribution is -0.130. The molecule has 1 heterocycles. The minimum atomic E-state index is -0.388. The van der Waals surface area contributed by atoms with Gasteiger partial charge >= 0.3 is 5.97 Å². The number of hydrogen-bond donors (Lipinski definition) is 1. The smallest absolute Gasteiger partial charge is 0.363 e. The number of benzene rings is 2. The van der Waals surface area contributed by atoms with Crippen molar-refractivity contribution in [2.24, 2.45) is 10.7 Å². The summed E-state index contributed by atoms with van der Waals surface area (Å²) in [5.41, 5.74) is 6.17. The second kappa shape index (κ2) is 6.81. The van der Waals surface area contributed by atoms with Crippen LogP contribution in [0.25, 0.3) is 16.8 Å². The van der Waals surface area contributed by atoms with E-state index in [1.54, 1.807) is 13.0 Å². The number of nitrogens with two attached hydrogens (primary N) is 1. The predicted molar refractivity (Wildman–Crippen MR) is 85.9 cm³/mol. The number of hydrogen-bond acceptors (Lipinski definition) is 4. The van der Waals surface area contributed by atoms with E-state index in [9.17, 15) is 4.79 Å². The van der Waals surface area contributed by atoms with E-state index in [4.69, 9.17) is 10.5 Å². The highest BCUT2D eigenvalue weighted by atomic mass is 16.6. The van der Waals surface area contributed by atoms with E-state index < -0.39 is 0 Å². The molecule has 4 nitrogen and oxygen atoms in total. The fourth-order valence-electron chi connectivity index (χ4n) is 2.04. The van der Waals surface area contributed by atoms with Crippen molar-refractivity contribution in [2.75, 3.05) is 6.54 Å². The van der Waals surface area contributed by atoms with Gasteiger partial charge in [-0.25, -0.2) is 9.79 Å². The van der Waals surface area contributed by atoms with Crippen LogP contribution in [0, 0.1) is 0 Å². The van der Waals surface area contributed by atoms with Crippen molar-refractivity contribution in [3.05, 3.63) is 53.7 Å². The molecule has 0 aromatic heterocycles. The van der Waals surface area contributed by atoms with Crippen LogP contribution in [0.3, 0.4) is 0 Å². The molecular formula is C17H18N2O2. The number of carbonyl (C=O) groups is 1. The highest BCUT2D eigenvalue weighted by Gasteiger charge is 2.19. The van der Waals surface area contributed by atoms with Crippen molar-refractivity contribution in [2.45, 2.75) is 13.8 Å². The van der Waals surface area contributed by atoms with Crippen LogP contribution in [0.1, 0.15) is 19.4 Å². The average Bonchev–Trinajstić information content (AvgIpc) is 2.78. The molecule has 1 aliphatic heterocycles. The Kier molecular flexibility index (Phi) is 4.85. The van der Waals surface area contributed by atoms with E-state index in [2.05, 4.69) is 4.99 Å². The lowest BCUT2D eigenvalue weighted by atomic mass is 10.0. The molecule has 0 fully saturated rings. The molecule has 0 saturated heterocycles. The maximum absolute atomic E-state index is 11.5. The summed E-state index contributed by atoms with van der Waals surface area (Å²) in [7, 11) is 0. The third-order valence-electron chi connectivity index (χ3n) is 2.84. The molecule has 0 aliphatic carbocycles. The van der Waals surface area contributed by atoms with Crippen molar-refractivity contribution < 1.29 is 9.53 Å². The summed E-state index contributed by atoms with van der Waals surface area (Å²) in [5.74, 6) is 0.00641. The van der Waals surface area contributed by atoms with Gasteiger partial charge in [-0.15, -0.1) is 0 Å². The summed E-state index contributed by atoms with van der Waals surface area (Å²) < 4.78 is 4.90. The van der Waals surface area contributed by atoms with Crippen LogP contribution in [0.15, 0.2) is 53.2 Å². The first-order chi connectivity index (χ1) is 10.2. The van der Waals surface area contributed by atoms with Crippen LogP contribution in [0.5, 0.6) is 0 Å². The first-order valence-electron chi connectivity index (χ1n) is 6.82. The number of esters is 1. The Hall–Kier alpha value is -2.46. The largest absolute Gasteiger partial charge is 0.407 e. The Balaban J connectivity index is 0.000000497. The van der Waals surface area contributed by atoms with Crippen LogP contribution in [-0.2, 0) is 9.53 Å². The van der Waals surface area contributed by atoms with Gasteiger partial charge in [-0.05, 0) is 29.0 Å². The third kappa shape index (κ3) is 3.55. The number of ether oxygens (including phenoxy) is 1. The second-order valence-electron chi connectivity index (χ2n) is 4.53. The van der Waals surface area contributed by atoms with E-state index in [1.165, 1.54) is 0 Å². The van der Waals surface area contributed by atoms with E-state index in [0.717, 1.165) is 22.9 Å². The van der Waals surface area contributed by atoms with Crippen LogP contribution < -0.4 is 5.73 Å². The molecule has 2 aromatic carbocycles. The van der Waals surface area contributed by atoms with E-state index in [1.807, 2.05) is 49.4 Å². The standard InChI is InChI=1S/C15H11NO2.C2H7N/c1-10-16-14(15(17)18-10)9-12-7-4-6-11-5-2-3-8-13(11)12;1-2-3/h2-9H,1H3;2-3H2,1H3/b14-9-;. The third-order valence-corrected chi connectivity index (χ3v) is 2.84. The molecule has 0 radical (unpaired) electrons. The summed E-state index contributed by atoms with van der Waals surface area (Å²) in [6.45, 7) is 4.32. The number of carbonyl (C=O) groups excluding carboxylic acids is 1. The lowest BCUT2D eigenvalue weighted by Crippen LogP contribution is -1.99.